The number of likely N-dealkylation sites (tertiary alicyclic amines) is 1. The summed E-state index contributed by atoms with van der Waals surface area (Å²) in [5.74, 6) is 0. The van der Waals surface area contributed by atoms with Crippen molar-refractivity contribution in [2.75, 3.05) is 6.54 Å². The predicted octanol–water partition coefficient (Wildman–Crippen LogP) is 1.73. The molecule has 1 aliphatic rings. The molecule has 1 rings (SSSR count). The minimum Gasteiger partial charge on any atom is -0.447 e. The van der Waals surface area contributed by atoms with Gasteiger partial charge in [0, 0.05) is 18.6 Å². The topological polar surface area (TPSA) is 55.6 Å². The van der Waals surface area contributed by atoms with Gasteiger partial charge >= 0.3 is 6.09 Å². The van der Waals surface area contributed by atoms with E-state index in [0.29, 0.717) is 6.54 Å². The highest BCUT2D eigenvalue weighted by Gasteiger charge is 2.32. The Morgan fingerprint density at radius 2 is 2.20 bits per heavy atom. The van der Waals surface area contributed by atoms with Gasteiger partial charge in [-0.3, -0.25) is 0 Å². The van der Waals surface area contributed by atoms with Crippen molar-refractivity contribution in [3.63, 3.8) is 0 Å². The van der Waals surface area contributed by atoms with Crippen LogP contribution in [0.4, 0.5) is 4.79 Å². The Kier molecular flexibility index (Phi) is 4.39. The van der Waals surface area contributed by atoms with Gasteiger partial charge in [-0.1, -0.05) is 0 Å². The van der Waals surface area contributed by atoms with Crippen molar-refractivity contribution >= 4 is 6.09 Å². The summed E-state index contributed by atoms with van der Waals surface area (Å²) in [4.78, 5) is 13.6. The number of rotatable bonds is 2. The van der Waals surface area contributed by atoms with Gasteiger partial charge in [0.15, 0.2) is 0 Å². The molecule has 0 aliphatic carbocycles. The number of hydrogen-bond donors (Lipinski definition) is 1. The smallest absolute Gasteiger partial charge is 0.410 e. The van der Waals surface area contributed by atoms with Crippen LogP contribution in [0.2, 0.25) is 0 Å². The van der Waals surface area contributed by atoms with Crippen LogP contribution in [0.1, 0.15) is 40.0 Å². The number of nitrogens with zero attached hydrogens (tertiary/aromatic N) is 1. The SMILES string of the molecule is CC(C)OC(=O)N1C(C)CCCC1CN. The van der Waals surface area contributed by atoms with Gasteiger partial charge in [-0.15, -0.1) is 0 Å². The quantitative estimate of drug-likeness (QED) is 0.761. The van der Waals surface area contributed by atoms with Gasteiger partial charge in [-0.2, -0.15) is 0 Å². The van der Waals surface area contributed by atoms with Gasteiger partial charge in [-0.05, 0) is 40.0 Å². The molecule has 15 heavy (non-hydrogen) atoms. The minimum atomic E-state index is -0.215. The first-order valence-electron chi connectivity index (χ1n) is 5.75. The van der Waals surface area contributed by atoms with E-state index in [1.807, 2.05) is 18.7 Å². The lowest BCUT2D eigenvalue weighted by Crippen LogP contribution is -2.52. The van der Waals surface area contributed by atoms with E-state index in [-0.39, 0.29) is 24.3 Å². The molecule has 2 N–H and O–H groups in total. The monoisotopic (exact) mass is 214 g/mol. The van der Waals surface area contributed by atoms with E-state index in [1.165, 1.54) is 0 Å². The van der Waals surface area contributed by atoms with E-state index in [9.17, 15) is 4.79 Å². The second-order valence-corrected chi connectivity index (χ2v) is 4.51. The van der Waals surface area contributed by atoms with E-state index in [4.69, 9.17) is 10.5 Å². The summed E-state index contributed by atoms with van der Waals surface area (Å²) in [5.41, 5.74) is 5.68. The summed E-state index contributed by atoms with van der Waals surface area (Å²) in [5, 5.41) is 0. The molecule has 1 heterocycles. The lowest BCUT2D eigenvalue weighted by atomic mass is 9.97. The zero-order valence-electron chi connectivity index (χ0n) is 9.90. The summed E-state index contributed by atoms with van der Waals surface area (Å²) >= 11 is 0. The van der Waals surface area contributed by atoms with Gasteiger partial charge in [0.05, 0.1) is 6.10 Å². The molecule has 0 spiro atoms. The first kappa shape index (κ1) is 12.3. The van der Waals surface area contributed by atoms with Gasteiger partial charge in [0.1, 0.15) is 0 Å². The molecule has 1 aliphatic heterocycles. The van der Waals surface area contributed by atoms with Crippen molar-refractivity contribution in [2.24, 2.45) is 5.73 Å². The van der Waals surface area contributed by atoms with Crippen LogP contribution >= 0.6 is 0 Å². The van der Waals surface area contributed by atoms with E-state index in [0.717, 1.165) is 19.3 Å². The number of nitrogens with two attached hydrogens (primary N) is 1. The highest BCUT2D eigenvalue weighted by molar-refractivity contribution is 5.68. The van der Waals surface area contributed by atoms with Crippen LogP contribution in [0.3, 0.4) is 0 Å². The molecule has 0 aromatic rings. The number of hydrogen-bond acceptors (Lipinski definition) is 3. The molecule has 0 aromatic carbocycles. The van der Waals surface area contributed by atoms with Crippen LogP contribution in [0, 0.1) is 0 Å². The fourth-order valence-corrected chi connectivity index (χ4v) is 2.11. The first-order chi connectivity index (χ1) is 7.06. The Labute approximate surface area is 91.8 Å². The van der Waals surface area contributed by atoms with Crippen LogP contribution in [0.25, 0.3) is 0 Å². The van der Waals surface area contributed by atoms with Crippen LogP contribution in [0.15, 0.2) is 0 Å². The van der Waals surface area contributed by atoms with Gasteiger partial charge in [0.2, 0.25) is 0 Å². The van der Waals surface area contributed by atoms with Crippen molar-refractivity contribution in [2.45, 2.75) is 58.2 Å². The summed E-state index contributed by atoms with van der Waals surface area (Å²) < 4.78 is 5.22. The summed E-state index contributed by atoms with van der Waals surface area (Å²) in [6.07, 6.45) is 2.91. The maximum atomic E-state index is 11.8. The van der Waals surface area contributed by atoms with Crippen LogP contribution in [0.5, 0.6) is 0 Å². The number of carbonyl (C=O) groups is 1. The maximum Gasteiger partial charge on any atom is 0.410 e. The largest absolute Gasteiger partial charge is 0.447 e. The molecule has 0 bridgehead atoms. The van der Waals surface area contributed by atoms with E-state index < -0.39 is 0 Å². The normalized spacial score (nSPS) is 26.9. The second-order valence-electron chi connectivity index (χ2n) is 4.51. The molecule has 4 heteroatoms. The van der Waals surface area contributed by atoms with Crippen molar-refractivity contribution in [3.05, 3.63) is 0 Å². The zero-order valence-corrected chi connectivity index (χ0v) is 9.90. The fraction of sp³-hybridized carbons (Fsp3) is 0.909. The molecule has 88 valence electrons. The molecule has 1 fully saturated rings. The minimum absolute atomic E-state index is 0.0648. The third kappa shape index (κ3) is 3.09. The predicted molar refractivity (Wildman–Crippen MR) is 59.6 cm³/mol. The van der Waals surface area contributed by atoms with Gasteiger partial charge < -0.3 is 15.4 Å². The molecule has 2 unspecified atom stereocenters. The average molecular weight is 214 g/mol. The molecule has 4 nitrogen and oxygen atoms in total. The molecular weight excluding hydrogens is 192 g/mol. The first-order valence-corrected chi connectivity index (χ1v) is 5.75. The molecule has 2 atom stereocenters. The number of ether oxygens (including phenoxy) is 1. The Morgan fingerprint density at radius 1 is 1.53 bits per heavy atom. The summed E-state index contributed by atoms with van der Waals surface area (Å²) in [6.45, 7) is 6.31. The second kappa shape index (κ2) is 5.35. The molecular formula is C11H22N2O2. The number of carbonyl (C=O) groups excluding carboxylic acids is 1. The highest BCUT2D eigenvalue weighted by Crippen LogP contribution is 2.23. The number of amides is 1. The van der Waals surface area contributed by atoms with E-state index in [2.05, 4.69) is 6.92 Å². The Balaban J connectivity index is 2.64. The van der Waals surface area contributed by atoms with Gasteiger partial charge in [-0.25, -0.2) is 4.79 Å². The van der Waals surface area contributed by atoms with Crippen LogP contribution in [-0.2, 0) is 4.74 Å². The zero-order chi connectivity index (χ0) is 11.4. The lowest BCUT2D eigenvalue weighted by Gasteiger charge is -2.39. The molecule has 0 aromatic heterocycles. The van der Waals surface area contributed by atoms with Crippen molar-refractivity contribution in [1.29, 1.82) is 0 Å². The molecule has 1 amide bonds. The molecule has 1 saturated heterocycles. The Bertz CT molecular complexity index is 219. The maximum absolute atomic E-state index is 11.8. The van der Waals surface area contributed by atoms with Crippen LogP contribution < -0.4 is 5.73 Å². The number of piperidine rings is 1. The van der Waals surface area contributed by atoms with Crippen molar-refractivity contribution < 1.29 is 9.53 Å². The average Bonchev–Trinajstić information content (AvgIpc) is 2.15. The summed E-state index contributed by atoms with van der Waals surface area (Å²) in [7, 11) is 0. The Morgan fingerprint density at radius 3 is 2.73 bits per heavy atom. The van der Waals surface area contributed by atoms with Crippen LogP contribution in [-0.4, -0.2) is 35.7 Å². The fourth-order valence-electron chi connectivity index (χ4n) is 2.11. The van der Waals surface area contributed by atoms with Crippen molar-refractivity contribution in [1.82, 2.24) is 4.90 Å². The lowest BCUT2D eigenvalue weighted by molar-refractivity contribution is 0.0357. The van der Waals surface area contributed by atoms with E-state index >= 15 is 0 Å². The summed E-state index contributed by atoms with van der Waals surface area (Å²) in [6, 6.07) is 0.401. The third-order valence-electron chi connectivity index (χ3n) is 2.85. The molecule has 0 radical (unpaired) electrons. The third-order valence-corrected chi connectivity index (χ3v) is 2.85. The Hall–Kier alpha value is -0.770. The standard InChI is InChI=1S/C11H22N2O2/c1-8(2)15-11(14)13-9(3)5-4-6-10(13)7-12/h8-10H,4-7,12H2,1-3H3. The van der Waals surface area contributed by atoms with Crippen molar-refractivity contribution in [3.8, 4) is 0 Å². The molecule has 0 saturated carbocycles. The van der Waals surface area contributed by atoms with Gasteiger partial charge in [0.25, 0.3) is 0 Å². The highest BCUT2D eigenvalue weighted by atomic mass is 16.6. The van der Waals surface area contributed by atoms with E-state index in [1.54, 1.807) is 0 Å².